The van der Waals surface area contributed by atoms with Crippen LogP contribution in [-0.4, -0.2) is 29.7 Å². The van der Waals surface area contributed by atoms with Gasteiger partial charge in [0.25, 0.3) is 5.91 Å². The van der Waals surface area contributed by atoms with Crippen LogP contribution in [0.1, 0.15) is 37.2 Å². The minimum absolute atomic E-state index is 0.00792. The van der Waals surface area contributed by atoms with Gasteiger partial charge in [0, 0.05) is 25.1 Å². The third kappa shape index (κ3) is 3.24. The molecule has 2 aromatic rings. The lowest BCUT2D eigenvalue weighted by Crippen LogP contribution is -2.33. The van der Waals surface area contributed by atoms with Gasteiger partial charge in [-0.05, 0) is 40.8 Å². The Balaban J connectivity index is 1.83. The van der Waals surface area contributed by atoms with E-state index in [1.807, 2.05) is 6.07 Å². The van der Waals surface area contributed by atoms with Crippen molar-refractivity contribution in [3.63, 3.8) is 0 Å². The van der Waals surface area contributed by atoms with E-state index in [0.29, 0.717) is 12.5 Å². The molecule has 1 N–H and O–H groups in total. The number of hydrogen-bond acceptors (Lipinski definition) is 3. The van der Waals surface area contributed by atoms with Gasteiger partial charge in [-0.1, -0.05) is 13.8 Å². The summed E-state index contributed by atoms with van der Waals surface area (Å²) >= 11 is 5.27. The average molecular weight is 385 g/mol. The molecule has 3 rings (SSSR count). The van der Waals surface area contributed by atoms with Crippen LogP contribution in [0.15, 0.2) is 15.9 Å². The minimum atomic E-state index is -0.00792. The first-order valence-corrected chi connectivity index (χ1v) is 9.39. The number of rotatable bonds is 5. The Morgan fingerprint density at radius 3 is 3.09 bits per heavy atom. The van der Waals surface area contributed by atoms with Crippen LogP contribution in [-0.2, 0) is 11.3 Å². The molecule has 120 valence electrons. The van der Waals surface area contributed by atoms with Crippen molar-refractivity contribution in [2.75, 3.05) is 13.2 Å². The maximum atomic E-state index is 12.6. The second-order valence-electron chi connectivity index (χ2n) is 6.18. The zero-order chi connectivity index (χ0) is 15.7. The number of hydrogen-bond donors (Lipinski definition) is 1. The minimum Gasteiger partial charge on any atom is -0.376 e. The first kappa shape index (κ1) is 16.0. The Morgan fingerprint density at radius 1 is 1.59 bits per heavy atom. The van der Waals surface area contributed by atoms with Gasteiger partial charge >= 0.3 is 0 Å². The molecule has 22 heavy (non-hydrogen) atoms. The van der Waals surface area contributed by atoms with E-state index in [1.165, 1.54) is 0 Å². The van der Waals surface area contributed by atoms with Gasteiger partial charge in [-0.3, -0.25) is 4.79 Å². The first-order chi connectivity index (χ1) is 10.6. The van der Waals surface area contributed by atoms with Gasteiger partial charge in [-0.25, -0.2) is 0 Å². The van der Waals surface area contributed by atoms with Gasteiger partial charge in [0.15, 0.2) is 0 Å². The number of amides is 1. The summed E-state index contributed by atoms with van der Waals surface area (Å²) in [6.45, 7) is 6.58. The topological polar surface area (TPSA) is 43.3 Å². The molecule has 4 nitrogen and oxygen atoms in total. The van der Waals surface area contributed by atoms with Crippen molar-refractivity contribution in [1.82, 2.24) is 9.88 Å². The lowest BCUT2D eigenvalue weighted by molar-refractivity contribution is 0.0850. The van der Waals surface area contributed by atoms with Crippen LogP contribution in [0.25, 0.3) is 10.2 Å². The predicted molar refractivity (Wildman–Crippen MR) is 93.7 cm³/mol. The molecule has 0 radical (unpaired) electrons. The van der Waals surface area contributed by atoms with Crippen LogP contribution in [0.5, 0.6) is 0 Å². The molecular formula is C16H21BrN2O2S. The molecule has 1 fully saturated rings. The van der Waals surface area contributed by atoms with Crippen molar-refractivity contribution in [3.8, 4) is 0 Å². The standard InChI is InChI=1S/C16H21BrN2O2S/c1-10(2)8-19-13(6-14-15(19)12(17)9-22-14)16(20)18-7-11-4-3-5-21-11/h6,9-11H,3-5,7-8H2,1-2H3,(H,18,20)/t11-/m0/s1. The van der Waals surface area contributed by atoms with Crippen LogP contribution >= 0.6 is 27.3 Å². The number of carbonyl (C=O) groups excluding carboxylic acids is 1. The van der Waals surface area contributed by atoms with E-state index in [0.717, 1.165) is 46.4 Å². The molecule has 0 aromatic carbocycles. The Morgan fingerprint density at radius 2 is 2.41 bits per heavy atom. The van der Waals surface area contributed by atoms with E-state index >= 15 is 0 Å². The fourth-order valence-electron chi connectivity index (χ4n) is 2.88. The van der Waals surface area contributed by atoms with Crippen molar-refractivity contribution in [3.05, 3.63) is 21.6 Å². The summed E-state index contributed by atoms with van der Waals surface area (Å²) in [6.07, 6.45) is 2.30. The summed E-state index contributed by atoms with van der Waals surface area (Å²) in [4.78, 5) is 12.6. The Kier molecular flexibility index (Phi) is 4.90. The van der Waals surface area contributed by atoms with Gasteiger partial charge in [0.05, 0.1) is 20.8 Å². The van der Waals surface area contributed by atoms with E-state index in [-0.39, 0.29) is 12.0 Å². The maximum Gasteiger partial charge on any atom is 0.268 e. The maximum absolute atomic E-state index is 12.6. The molecule has 1 saturated heterocycles. The van der Waals surface area contributed by atoms with Crippen molar-refractivity contribution in [2.24, 2.45) is 5.92 Å². The molecule has 2 aromatic heterocycles. The normalized spacial score (nSPS) is 18.5. The highest BCUT2D eigenvalue weighted by Crippen LogP contribution is 2.33. The zero-order valence-electron chi connectivity index (χ0n) is 12.9. The molecule has 1 amide bonds. The summed E-state index contributed by atoms with van der Waals surface area (Å²) in [5, 5.41) is 5.11. The Hall–Kier alpha value is -0.850. The smallest absolute Gasteiger partial charge is 0.268 e. The highest BCUT2D eigenvalue weighted by atomic mass is 79.9. The molecule has 0 spiro atoms. The van der Waals surface area contributed by atoms with Crippen molar-refractivity contribution >= 4 is 43.4 Å². The third-order valence-electron chi connectivity index (χ3n) is 3.87. The average Bonchev–Trinajstić information content (AvgIpc) is 3.16. The number of carbonyl (C=O) groups is 1. The molecule has 1 aliphatic heterocycles. The molecule has 0 saturated carbocycles. The molecular weight excluding hydrogens is 364 g/mol. The number of aromatic nitrogens is 1. The molecule has 0 unspecified atom stereocenters. The van der Waals surface area contributed by atoms with Crippen molar-refractivity contribution in [2.45, 2.75) is 39.3 Å². The van der Waals surface area contributed by atoms with E-state index in [1.54, 1.807) is 11.3 Å². The molecule has 3 heterocycles. The van der Waals surface area contributed by atoms with Gasteiger partial charge in [-0.2, -0.15) is 0 Å². The summed E-state index contributed by atoms with van der Waals surface area (Å²) < 4.78 is 9.91. The number of nitrogens with zero attached hydrogens (tertiary/aromatic N) is 1. The second-order valence-corrected chi connectivity index (χ2v) is 7.94. The summed E-state index contributed by atoms with van der Waals surface area (Å²) in [6, 6.07) is 2.00. The molecule has 6 heteroatoms. The number of halogens is 1. The first-order valence-electron chi connectivity index (χ1n) is 7.72. The van der Waals surface area contributed by atoms with E-state index in [4.69, 9.17) is 4.74 Å². The number of fused-ring (bicyclic) bond motifs is 1. The SMILES string of the molecule is CC(C)Cn1c(C(=O)NC[C@@H]2CCCO2)cc2scc(Br)c21. The predicted octanol–water partition coefficient (Wildman–Crippen LogP) is 4.03. The summed E-state index contributed by atoms with van der Waals surface area (Å²) in [7, 11) is 0. The monoisotopic (exact) mass is 384 g/mol. The molecule has 1 aliphatic rings. The fraction of sp³-hybridized carbons (Fsp3) is 0.562. The Bertz CT molecular complexity index is 671. The lowest BCUT2D eigenvalue weighted by Gasteiger charge is -2.15. The van der Waals surface area contributed by atoms with Crippen molar-refractivity contribution in [1.29, 1.82) is 0 Å². The largest absolute Gasteiger partial charge is 0.376 e. The summed E-state index contributed by atoms with van der Waals surface area (Å²) in [5.74, 6) is 0.471. The number of thiophene rings is 1. The molecule has 1 atom stereocenters. The quantitative estimate of drug-likeness (QED) is 0.845. The third-order valence-corrected chi connectivity index (χ3v) is 5.70. The van der Waals surface area contributed by atoms with E-state index in [9.17, 15) is 4.79 Å². The lowest BCUT2D eigenvalue weighted by atomic mass is 10.2. The van der Waals surface area contributed by atoms with Crippen LogP contribution < -0.4 is 5.32 Å². The van der Waals surface area contributed by atoms with Crippen molar-refractivity contribution < 1.29 is 9.53 Å². The van der Waals surface area contributed by atoms with Crippen LogP contribution in [0, 0.1) is 5.92 Å². The molecule has 0 bridgehead atoms. The van der Waals surface area contributed by atoms with Gasteiger partial charge in [0.2, 0.25) is 0 Å². The van der Waals surface area contributed by atoms with Crippen LogP contribution in [0.3, 0.4) is 0 Å². The van der Waals surface area contributed by atoms with Crippen LogP contribution in [0.2, 0.25) is 0 Å². The Labute approximate surface area is 143 Å². The van der Waals surface area contributed by atoms with E-state index in [2.05, 4.69) is 45.0 Å². The second kappa shape index (κ2) is 6.72. The molecule has 0 aliphatic carbocycles. The van der Waals surface area contributed by atoms with Gasteiger partial charge < -0.3 is 14.6 Å². The van der Waals surface area contributed by atoms with Gasteiger partial charge in [-0.15, -0.1) is 11.3 Å². The van der Waals surface area contributed by atoms with Crippen LogP contribution in [0.4, 0.5) is 0 Å². The highest BCUT2D eigenvalue weighted by molar-refractivity contribution is 9.10. The summed E-state index contributed by atoms with van der Waals surface area (Å²) in [5.41, 5.74) is 1.87. The zero-order valence-corrected chi connectivity index (χ0v) is 15.3. The van der Waals surface area contributed by atoms with E-state index < -0.39 is 0 Å². The number of nitrogens with one attached hydrogen (secondary N) is 1. The fourth-order valence-corrected chi connectivity index (χ4v) is 4.57. The highest BCUT2D eigenvalue weighted by Gasteiger charge is 2.21. The number of ether oxygens (including phenoxy) is 1. The van der Waals surface area contributed by atoms with Gasteiger partial charge in [0.1, 0.15) is 5.69 Å².